The molecule has 1 aromatic carbocycles. The second-order valence-electron chi connectivity index (χ2n) is 2.88. The molecule has 0 aromatic heterocycles. The van der Waals surface area contributed by atoms with Gasteiger partial charge in [-0.05, 0) is 23.7 Å². The number of benzene rings is 1. The highest BCUT2D eigenvalue weighted by atomic mass is 35.5. The minimum absolute atomic E-state index is 0.158. The molecular formula is C10H5ClF3N3. The van der Waals surface area contributed by atoms with Crippen LogP contribution < -0.4 is 0 Å². The van der Waals surface area contributed by atoms with Crippen LogP contribution in [0.3, 0.4) is 0 Å². The Bertz CT molecular complexity index is 522. The Morgan fingerprint density at radius 1 is 1.41 bits per heavy atom. The molecule has 0 aliphatic rings. The first kappa shape index (κ1) is 13.2. The lowest BCUT2D eigenvalue weighted by Gasteiger charge is -2.08. The first-order chi connectivity index (χ1) is 7.95. The van der Waals surface area contributed by atoms with E-state index in [1.54, 1.807) is 0 Å². The molecule has 0 N–H and O–H groups in total. The highest BCUT2D eigenvalue weighted by Crippen LogP contribution is 2.32. The van der Waals surface area contributed by atoms with Crippen LogP contribution in [-0.2, 0) is 6.18 Å². The Hall–Kier alpha value is -1.83. The Morgan fingerprint density at radius 3 is 2.71 bits per heavy atom. The lowest BCUT2D eigenvalue weighted by Crippen LogP contribution is -2.07. The summed E-state index contributed by atoms with van der Waals surface area (Å²) in [4.78, 5) is 2.43. The van der Waals surface area contributed by atoms with Crippen LogP contribution >= 0.6 is 11.6 Å². The summed E-state index contributed by atoms with van der Waals surface area (Å²) in [5.41, 5.74) is 6.88. The Balaban J connectivity index is 3.15. The molecule has 17 heavy (non-hydrogen) atoms. The molecule has 0 amide bonds. The van der Waals surface area contributed by atoms with Crippen molar-refractivity contribution < 1.29 is 13.2 Å². The van der Waals surface area contributed by atoms with Crippen molar-refractivity contribution in [1.82, 2.24) is 0 Å². The summed E-state index contributed by atoms with van der Waals surface area (Å²) in [5, 5.41) is 3.25. The van der Waals surface area contributed by atoms with Crippen molar-refractivity contribution >= 4 is 11.6 Å². The second kappa shape index (κ2) is 5.48. The van der Waals surface area contributed by atoms with Gasteiger partial charge in [-0.1, -0.05) is 28.6 Å². The summed E-state index contributed by atoms with van der Waals surface area (Å²) in [7, 11) is 0. The molecule has 0 atom stereocenters. The van der Waals surface area contributed by atoms with Gasteiger partial charge in [0.25, 0.3) is 0 Å². The summed E-state index contributed by atoms with van der Waals surface area (Å²) < 4.78 is 37.7. The Morgan fingerprint density at radius 2 is 2.12 bits per heavy atom. The van der Waals surface area contributed by atoms with Gasteiger partial charge < -0.3 is 0 Å². The monoisotopic (exact) mass is 259 g/mol. The maximum Gasteiger partial charge on any atom is 0.417 e. The quantitative estimate of drug-likeness (QED) is 0.317. The minimum Gasteiger partial charge on any atom is -0.166 e. The number of hydrogen-bond donors (Lipinski definition) is 0. The zero-order valence-electron chi connectivity index (χ0n) is 8.29. The van der Waals surface area contributed by atoms with Crippen LogP contribution in [-0.4, -0.2) is 6.54 Å². The average Bonchev–Trinajstić information content (AvgIpc) is 2.23. The zero-order valence-corrected chi connectivity index (χ0v) is 9.05. The molecule has 7 heteroatoms. The van der Waals surface area contributed by atoms with E-state index in [1.807, 2.05) is 0 Å². The molecular weight excluding hydrogens is 255 g/mol. The van der Waals surface area contributed by atoms with Crippen molar-refractivity contribution in [3.8, 4) is 11.8 Å². The summed E-state index contributed by atoms with van der Waals surface area (Å²) in [6.45, 7) is -0.194. The van der Waals surface area contributed by atoms with E-state index in [2.05, 4.69) is 21.9 Å². The van der Waals surface area contributed by atoms with E-state index < -0.39 is 11.7 Å². The molecule has 0 aliphatic carbocycles. The van der Waals surface area contributed by atoms with E-state index in [9.17, 15) is 13.2 Å². The molecule has 88 valence electrons. The molecule has 0 unspecified atom stereocenters. The van der Waals surface area contributed by atoms with Gasteiger partial charge in [0, 0.05) is 15.5 Å². The molecule has 1 rings (SSSR count). The third-order valence-electron chi connectivity index (χ3n) is 1.72. The maximum absolute atomic E-state index is 12.6. The van der Waals surface area contributed by atoms with Crippen LogP contribution in [0.25, 0.3) is 10.4 Å². The van der Waals surface area contributed by atoms with Crippen molar-refractivity contribution in [2.45, 2.75) is 6.18 Å². The summed E-state index contributed by atoms with van der Waals surface area (Å²) in [5.74, 6) is 4.59. The van der Waals surface area contributed by atoms with Gasteiger partial charge in [0.05, 0.1) is 12.1 Å². The molecule has 0 aliphatic heterocycles. The van der Waals surface area contributed by atoms with Crippen LogP contribution in [0.15, 0.2) is 23.3 Å². The van der Waals surface area contributed by atoms with Gasteiger partial charge in [0.15, 0.2) is 0 Å². The molecule has 3 nitrogen and oxygen atoms in total. The largest absolute Gasteiger partial charge is 0.417 e. The topological polar surface area (TPSA) is 48.8 Å². The van der Waals surface area contributed by atoms with E-state index in [4.69, 9.17) is 17.1 Å². The van der Waals surface area contributed by atoms with Gasteiger partial charge in [-0.3, -0.25) is 0 Å². The maximum atomic E-state index is 12.6. The number of alkyl halides is 3. The molecule has 0 spiro atoms. The smallest absolute Gasteiger partial charge is 0.166 e. The zero-order chi connectivity index (χ0) is 12.9. The van der Waals surface area contributed by atoms with Gasteiger partial charge in [-0.25, -0.2) is 0 Å². The summed E-state index contributed by atoms with van der Waals surface area (Å²) in [6.07, 6.45) is -4.49. The minimum atomic E-state index is -4.49. The fraction of sp³-hybridized carbons (Fsp3) is 0.200. The van der Waals surface area contributed by atoms with E-state index in [0.717, 1.165) is 18.2 Å². The van der Waals surface area contributed by atoms with Gasteiger partial charge in [0.2, 0.25) is 0 Å². The van der Waals surface area contributed by atoms with E-state index >= 15 is 0 Å². The van der Waals surface area contributed by atoms with Crippen LogP contribution in [0.4, 0.5) is 13.2 Å². The molecule has 0 fully saturated rings. The van der Waals surface area contributed by atoms with Gasteiger partial charge in [-0.2, -0.15) is 13.2 Å². The highest BCUT2D eigenvalue weighted by molar-refractivity contribution is 6.30. The van der Waals surface area contributed by atoms with Crippen LogP contribution in [0.2, 0.25) is 5.02 Å². The second-order valence-corrected chi connectivity index (χ2v) is 3.31. The van der Waals surface area contributed by atoms with Crippen molar-refractivity contribution in [3.05, 3.63) is 44.8 Å². The third-order valence-corrected chi connectivity index (χ3v) is 1.96. The van der Waals surface area contributed by atoms with Crippen molar-refractivity contribution in [3.63, 3.8) is 0 Å². The molecule has 0 heterocycles. The van der Waals surface area contributed by atoms with E-state index in [0.29, 0.717) is 0 Å². The van der Waals surface area contributed by atoms with Crippen molar-refractivity contribution in [2.24, 2.45) is 5.11 Å². The lowest BCUT2D eigenvalue weighted by molar-refractivity contribution is -0.137. The number of nitrogens with zero attached hydrogens (tertiary/aromatic N) is 3. The average molecular weight is 260 g/mol. The standard InChI is InChI=1S/C10H5ClF3N3/c11-8-3-4-9(10(12,13)14)7(6-8)2-1-5-16-17-15/h3-4,6H,5H2. The van der Waals surface area contributed by atoms with Crippen LogP contribution in [0.1, 0.15) is 11.1 Å². The SMILES string of the molecule is [N-]=[N+]=NCC#Cc1cc(Cl)ccc1C(F)(F)F. The van der Waals surface area contributed by atoms with Gasteiger partial charge >= 0.3 is 6.18 Å². The number of azide groups is 1. The fourth-order valence-electron chi connectivity index (χ4n) is 1.07. The highest BCUT2D eigenvalue weighted by Gasteiger charge is 2.32. The molecule has 0 radical (unpaired) electrons. The first-order valence-corrected chi connectivity index (χ1v) is 4.69. The van der Waals surface area contributed by atoms with E-state index in [-0.39, 0.29) is 17.1 Å². The van der Waals surface area contributed by atoms with Crippen LogP contribution in [0, 0.1) is 11.8 Å². The van der Waals surface area contributed by atoms with Gasteiger partial charge in [-0.15, -0.1) is 0 Å². The summed E-state index contributed by atoms with van der Waals surface area (Å²) in [6, 6.07) is 3.12. The molecule has 0 saturated carbocycles. The molecule has 0 bridgehead atoms. The third kappa shape index (κ3) is 3.91. The Labute approximate surface area is 99.8 Å². The number of rotatable bonds is 1. The fourth-order valence-corrected chi connectivity index (χ4v) is 1.24. The predicted octanol–water partition coefficient (Wildman–Crippen LogP) is 4.02. The Kier molecular flexibility index (Phi) is 4.27. The summed E-state index contributed by atoms with van der Waals surface area (Å²) >= 11 is 5.59. The molecule has 0 saturated heterocycles. The van der Waals surface area contributed by atoms with E-state index in [1.165, 1.54) is 0 Å². The first-order valence-electron chi connectivity index (χ1n) is 4.31. The van der Waals surface area contributed by atoms with Crippen molar-refractivity contribution in [2.75, 3.05) is 6.54 Å². The number of hydrogen-bond acceptors (Lipinski definition) is 1. The van der Waals surface area contributed by atoms with Gasteiger partial charge in [0.1, 0.15) is 0 Å². The molecule has 1 aromatic rings. The van der Waals surface area contributed by atoms with Crippen LogP contribution in [0.5, 0.6) is 0 Å². The normalized spacial score (nSPS) is 10.1. The van der Waals surface area contributed by atoms with Crippen molar-refractivity contribution in [1.29, 1.82) is 0 Å². The lowest BCUT2D eigenvalue weighted by atomic mass is 10.1. The predicted molar refractivity (Wildman–Crippen MR) is 57.3 cm³/mol. The number of halogens is 4.